The topological polar surface area (TPSA) is 26.3 Å². The predicted molar refractivity (Wildman–Crippen MR) is 51.7 cm³/mol. The van der Waals surface area contributed by atoms with E-state index in [1.54, 1.807) is 24.3 Å². The second-order valence-corrected chi connectivity index (χ2v) is 2.99. The van der Waals surface area contributed by atoms with Gasteiger partial charge < -0.3 is 4.74 Å². The first-order valence-corrected chi connectivity index (χ1v) is 4.13. The van der Waals surface area contributed by atoms with Crippen LogP contribution in [0, 0.1) is 0 Å². The van der Waals surface area contributed by atoms with Gasteiger partial charge in [-0.05, 0) is 12.1 Å². The number of carbonyl (C=O) groups excluding carboxylic acids is 1. The zero-order valence-electron chi connectivity index (χ0n) is 7.00. The minimum absolute atomic E-state index is 0.0509. The van der Waals surface area contributed by atoms with Crippen LogP contribution in [0.3, 0.4) is 0 Å². The van der Waals surface area contributed by atoms with Crippen molar-refractivity contribution in [2.24, 2.45) is 0 Å². The van der Waals surface area contributed by atoms with Gasteiger partial charge in [0.25, 0.3) is 0 Å². The lowest BCUT2D eigenvalue weighted by molar-refractivity contribution is 0.0546. The fraction of sp³-hybridized carbons (Fsp3) is 0.100. The molecule has 1 rings (SSSR count). The Morgan fingerprint density at radius 3 is 2.54 bits per heavy atom. The smallest absolute Gasteiger partial charge is 0.338 e. The Labute approximate surface area is 81.8 Å². The summed E-state index contributed by atoms with van der Waals surface area (Å²) in [5.74, 6) is -0.387. The van der Waals surface area contributed by atoms with Gasteiger partial charge in [-0.15, -0.1) is 0 Å². The maximum absolute atomic E-state index is 11.2. The lowest BCUT2D eigenvalue weighted by Gasteiger charge is -2.02. The van der Waals surface area contributed by atoms with Gasteiger partial charge >= 0.3 is 5.97 Å². The molecular formula is C10H9ClO2. The normalized spacial score (nSPS) is 9.31. The number of hydrogen-bond donors (Lipinski definition) is 0. The number of benzene rings is 1. The maximum Gasteiger partial charge on any atom is 0.338 e. The van der Waals surface area contributed by atoms with Gasteiger partial charge in [0.2, 0.25) is 0 Å². The lowest BCUT2D eigenvalue weighted by Crippen LogP contribution is -2.05. The van der Waals surface area contributed by atoms with E-state index >= 15 is 0 Å². The predicted octanol–water partition coefficient (Wildman–Crippen LogP) is 2.60. The van der Waals surface area contributed by atoms with E-state index in [0.717, 1.165) is 0 Å². The molecule has 0 unspecified atom stereocenters. The van der Waals surface area contributed by atoms with Gasteiger partial charge in [0, 0.05) is 5.03 Å². The summed E-state index contributed by atoms with van der Waals surface area (Å²) in [4.78, 5) is 11.2. The van der Waals surface area contributed by atoms with E-state index in [2.05, 4.69) is 6.58 Å². The van der Waals surface area contributed by atoms with Gasteiger partial charge in [-0.2, -0.15) is 0 Å². The van der Waals surface area contributed by atoms with E-state index in [4.69, 9.17) is 16.3 Å². The first-order chi connectivity index (χ1) is 6.20. The average molecular weight is 197 g/mol. The van der Waals surface area contributed by atoms with Crippen LogP contribution in [0.2, 0.25) is 0 Å². The first kappa shape index (κ1) is 9.81. The van der Waals surface area contributed by atoms with Crippen LogP contribution >= 0.6 is 11.6 Å². The summed E-state index contributed by atoms with van der Waals surface area (Å²) in [5, 5.41) is 0.310. The van der Waals surface area contributed by atoms with Crippen LogP contribution in [0.4, 0.5) is 0 Å². The summed E-state index contributed by atoms with van der Waals surface area (Å²) >= 11 is 5.44. The Bertz CT molecular complexity index is 306. The van der Waals surface area contributed by atoms with Crippen LogP contribution in [0.25, 0.3) is 0 Å². The molecule has 0 bridgehead atoms. The van der Waals surface area contributed by atoms with E-state index < -0.39 is 0 Å². The monoisotopic (exact) mass is 196 g/mol. The van der Waals surface area contributed by atoms with E-state index in [1.807, 2.05) is 6.07 Å². The van der Waals surface area contributed by atoms with Gasteiger partial charge in [0.15, 0.2) is 0 Å². The SMILES string of the molecule is C=C(Cl)COC(=O)c1ccccc1. The molecule has 0 spiro atoms. The van der Waals surface area contributed by atoms with Crippen molar-refractivity contribution in [3.63, 3.8) is 0 Å². The minimum atomic E-state index is -0.387. The van der Waals surface area contributed by atoms with Crippen LogP contribution < -0.4 is 0 Å². The van der Waals surface area contributed by atoms with Crippen molar-refractivity contribution >= 4 is 17.6 Å². The Morgan fingerprint density at radius 2 is 2.00 bits per heavy atom. The molecule has 0 radical (unpaired) electrons. The van der Waals surface area contributed by atoms with Crippen molar-refractivity contribution in [3.05, 3.63) is 47.5 Å². The van der Waals surface area contributed by atoms with Gasteiger partial charge in [0.05, 0.1) is 5.56 Å². The highest BCUT2D eigenvalue weighted by Gasteiger charge is 2.04. The Kier molecular flexibility index (Phi) is 3.53. The molecule has 0 heterocycles. The number of hydrogen-bond acceptors (Lipinski definition) is 2. The summed E-state index contributed by atoms with van der Waals surface area (Å²) < 4.78 is 4.82. The summed E-state index contributed by atoms with van der Waals surface area (Å²) in [6, 6.07) is 8.73. The highest BCUT2D eigenvalue weighted by Crippen LogP contribution is 2.03. The summed E-state index contributed by atoms with van der Waals surface area (Å²) in [6.07, 6.45) is 0. The molecule has 0 aliphatic rings. The van der Waals surface area contributed by atoms with E-state index in [9.17, 15) is 4.79 Å². The molecule has 0 atom stereocenters. The van der Waals surface area contributed by atoms with E-state index in [0.29, 0.717) is 10.6 Å². The van der Waals surface area contributed by atoms with Crippen molar-refractivity contribution in [2.45, 2.75) is 0 Å². The lowest BCUT2D eigenvalue weighted by atomic mass is 10.2. The van der Waals surface area contributed by atoms with E-state index in [-0.39, 0.29) is 12.6 Å². The quantitative estimate of drug-likeness (QED) is 0.695. The first-order valence-electron chi connectivity index (χ1n) is 3.75. The van der Waals surface area contributed by atoms with Crippen molar-refractivity contribution < 1.29 is 9.53 Å². The average Bonchev–Trinajstić information content (AvgIpc) is 2.15. The Hall–Kier alpha value is -1.28. The molecule has 0 saturated carbocycles. The molecule has 0 saturated heterocycles. The third-order valence-electron chi connectivity index (χ3n) is 1.37. The van der Waals surface area contributed by atoms with Crippen molar-refractivity contribution in [3.8, 4) is 0 Å². The van der Waals surface area contributed by atoms with Crippen LogP contribution in [0.5, 0.6) is 0 Å². The fourth-order valence-electron chi connectivity index (χ4n) is 0.801. The Morgan fingerprint density at radius 1 is 1.38 bits per heavy atom. The number of rotatable bonds is 3. The van der Waals surface area contributed by atoms with Crippen LogP contribution in [-0.4, -0.2) is 12.6 Å². The van der Waals surface area contributed by atoms with Gasteiger partial charge in [-0.3, -0.25) is 0 Å². The van der Waals surface area contributed by atoms with Gasteiger partial charge in [-0.25, -0.2) is 4.79 Å². The second kappa shape index (κ2) is 4.67. The van der Waals surface area contributed by atoms with Crippen molar-refractivity contribution in [1.29, 1.82) is 0 Å². The molecule has 0 aliphatic heterocycles. The highest BCUT2D eigenvalue weighted by molar-refractivity contribution is 6.29. The zero-order valence-corrected chi connectivity index (χ0v) is 7.75. The second-order valence-electron chi connectivity index (χ2n) is 2.46. The number of esters is 1. The molecule has 13 heavy (non-hydrogen) atoms. The minimum Gasteiger partial charge on any atom is -0.456 e. The molecule has 0 N–H and O–H groups in total. The molecule has 0 aliphatic carbocycles. The molecule has 0 fully saturated rings. The molecule has 0 amide bonds. The maximum atomic E-state index is 11.2. The highest BCUT2D eigenvalue weighted by atomic mass is 35.5. The molecule has 2 nitrogen and oxygen atoms in total. The fourth-order valence-corrected chi connectivity index (χ4v) is 0.856. The van der Waals surface area contributed by atoms with Crippen molar-refractivity contribution in [1.82, 2.24) is 0 Å². The molecular weight excluding hydrogens is 188 g/mol. The van der Waals surface area contributed by atoms with Gasteiger partial charge in [0.1, 0.15) is 6.61 Å². The summed E-state index contributed by atoms with van der Waals surface area (Å²) in [5.41, 5.74) is 0.514. The molecule has 68 valence electrons. The van der Waals surface area contributed by atoms with Crippen molar-refractivity contribution in [2.75, 3.05) is 6.61 Å². The number of halogens is 1. The van der Waals surface area contributed by atoms with Crippen LogP contribution in [0.1, 0.15) is 10.4 Å². The standard InChI is InChI=1S/C10H9ClO2/c1-8(11)7-13-10(12)9-5-3-2-4-6-9/h2-6H,1,7H2. The number of ether oxygens (including phenoxy) is 1. The van der Waals surface area contributed by atoms with Gasteiger partial charge in [-0.1, -0.05) is 36.4 Å². The Balaban J connectivity index is 2.54. The molecule has 3 heteroatoms. The number of carbonyl (C=O) groups is 1. The van der Waals surface area contributed by atoms with Crippen LogP contribution in [-0.2, 0) is 4.74 Å². The third-order valence-corrected chi connectivity index (χ3v) is 1.48. The molecule has 0 aromatic heterocycles. The third kappa shape index (κ3) is 3.30. The zero-order chi connectivity index (χ0) is 9.68. The largest absolute Gasteiger partial charge is 0.456 e. The van der Waals surface area contributed by atoms with E-state index in [1.165, 1.54) is 0 Å². The molecule has 1 aromatic carbocycles. The van der Waals surface area contributed by atoms with Crippen LogP contribution in [0.15, 0.2) is 41.9 Å². The molecule has 1 aromatic rings. The summed E-state index contributed by atoms with van der Waals surface area (Å²) in [6.45, 7) is 3.46. The summed E-state index contributed by atoms with van der Waals surface area (Å²) in [7, 11) is 0.